The zero-order chi connectivity index (χ0) is 17.7. The molecule has 0 aromatic heterocycles. The number of hydrogen-bond acceptors (Lipinski definition) is 3. The average molecular weight is 331 g/mol. The molecular formula is C18H25N3O3. The lowest BCUT2D eigenvalue weighted by atomic mass is 10.2. The Bertz CT molecular complexity index is 624. The standard InChI is InChI=1S/C18H25N3O3/c1-12(2)18(24)21(15-7-8-15)11-17(23)19-10-16(22)20-14-6-4-5-13(3)9-14/h4-6,9,12,15H,7-8,10-11H2,1-3H3,(H,19,23)(H,20,22). The summed E-state index contributed by atoms with van der Waals surface area (Å²) in [6, 6.07) is 7.62. The van der Waals surface area contributed by atoms with Crippen LogP contribution in [-0.2, 0) is 14.4 Å². The second-order valence-corrected chi connectivity index (χ2v) is 6.55. The Morgan fingerprint density at radius 2 is 1.92 bits per heavy atom. The number of benzene rings is 1. The summed E-state index contributed by atoms with van der Waals surface area (Å²) in [5.41, 5.74) is 1.74. The highest BCUT2D eigenvalue weighted by Gasteiger charge is 2.34. The summed E-state index contributed by atoms with van der Waals surface area (Å²) in [5, 5.41) is 5.31. The van der Waals surface area contributed by atoms with E-state index in [1.54, 1.807) is 11.0 Å². The largest absolute Gasteiger partial charge is 0.345 e. The lowest BCUT2D eigenvalue weighted by molar-refractivity contribution is -0.139. The van der Waals surface area contributed by atoms with Crippen molar-refractivity contribution in [2.75, 3.05) is 18.4 Å². The molecule has 6 nitrogen and oxygen atoms in total. The molecule has 1 saturated carbocycles. The fraction of sp³-hybridized carbons (Fsp3) is 0.500. The highest BCUT2D eigenvalue weighted by atomic mass is 16.2. The first-order valence-electron chi connectivity index (χ1n) is 8.30. The monoisotopic (exact) mass is 331 g/mol. The molecule has 1 fully saturated rings. The van der Waals surface area contributed by atoms with Gasteiger partial charge in [0.25, 0.3) is 0 Å². The van der Waals surface area contributed by atoms with Crippen LogP contribution in [0.4, 0.5) is 5.69 Å². The first-order valence-corrected chi connectivity index (χ1v) is 8.30. The van der Waals surface area contributed by atoms with Gasteiger partial charge in [-0.15, -0.1) is 0 Å². The maximum atomic E-state index is 12.1. The molecule has 3 amide bonds. The van der Waals surface area contributed by atoms with Gasteiger partial charge in [-0.05, 0) is 37.5 Å². The molecule has 1 aliphatic carbocycles. The van der Waals surface area contributed by atoms with Gasteiger partial charge in [0.15, 0.2) is 0 Å². The van der Waals surface area contributed by atoms with Gasteiger partial charge in [-0.2, -0.15) is 0 Å². The van der Waals surface area contributed by atoms with Gasteiger partial charge < -0.3 is 15.5 Å². The van der Waals surface area contributed by atoms with Crippen molar-refractivity contribution in [1.82, 2.24) is 10.2 Å². The molecule has 0 bridgehead atoms. The van der Waals surface area contributed by atoms with Crippen molar-refractivity contribution in [2.24, 2.45) is 5.92 Å². The van der Waals surface area contributed by atoms with Gasteiger partial charge in [0.1, 0.15) is 0 Å². The van der Waals surface area contributed by atoms with E-state index < -0.39 is 0 Å². The van der Waals surface area contributed by atoms with Crippen LogP contribution in [0.25, 0.3) is 0 Å². The molecule has 0 atom stereocenters. The minimum Gasteiger partial charge on any atom is -0.345 e. The van der Waals surface area contributed by atoms with E-state index >= 15 is 0 Å². The van der Waals surface area contributed by atoms with Gasteiger partial charge in [0.2, 0.25) is 17.7 Å². The molecule has 0 heterocycles. The summed E-state index contributed by atoms with van der Waals surface area (Å²) in [6.45, 7) is 5.49. The Labute approximate surface area is 142 Å². The average Bonchev–Trinajstić information content (AvgIpc) is 3.34. The summed E-state index contributed by atoms with van der Waals surface area (Å²) in [6.07, 6.45) is 1.89. The third-order valence-electron chi connectivity index (χ3n) is 3.83. The quantitative estimate of drug-likeness (QED) is 0.798. The first-order chi connectivity index (χ1) is 11.4. The SMILES string of the molecule is Cc1cccc(NC(=O)CNC(=O)CN(C(=O)C(C)C)C2CC2)c1. The lowest BCUT2D eigenvalue weighted by Gasteiger charge is -2.23. The van der Waals surface area contributed by atoms with Crippen molar-refractivity contribution in [3.05, 3.63) is 29.8 Å². The van der Waals surface area contributed by atoms with Crippen LogP contribution in [0.2, 0.25) is 0 Å². The Hall–Kier alpha value is -2.37. The Morgan fingerprint density at radius 1 is 1.21 bits per heavy atom. The van der Waals surface area contributed by atoms with E-state index in [0.717, 1.165) is 18.4 Å². The molecule has 0 unspecified atom stereocenters. The minimum atomic E-state index is -0.310. The molecule has 24 heavy (non-hydrogen) atoms. The van der Waals surface area contributed by atoms with Crippen molar-refractivity contribution >= 4 is 23.4 Å². The highest BCUT2D eigenvalue weighted by Crippen LogP contribution is 2.27. The summed E-state index contributed by atoms with van der Waals surface area (Å²) in [5.74, 6) is -0.753. The fourth-order valence-electron chi connectivity index (χ4n) is 2.42. The van der Waals surface area contributed by atoms with Crippen LogP contribution in [0.5, 0.6) is 0 Å². The summed E-state index contributed by atoms with van der Waals surface area (Å²) in [7, 11) is 0. The van der Waals surface area contributed by atoms with Crippen LogP contribution in [0.1, 0.15) is 32.3 Å². The molecular weight excluding hydrogens is 306 g/mol. The molecule has 1 aliphatic rings. The molecule has 2 rings (SSSR count). The van der Waals surface area contributed by atoms with Crippen molar-refractivity contribution in [2.45, 2.75) is 39.7 Å². The van der Waals surface area contributed by atoms with Crippen LogP contribution in [-0.4, -0.2) is 41.8 Å². The van der Waals surface area contributed by atoms with Gasteiger partial charge in [-0.3, -0.25) is 14.4 Å². The zero-order valence-corrected chi connectivity index (χ0v) is 14.5. The van der Waals surface area contributed by atoms with Crippen LogP contribution >= 0.6 is 0 Å². The minimum absolute atomic E-state index is 0.0133. The Balaban J connectivity index is 1.79. The lowest BCUT2D eigenvalue weighted by Crippen LogP contribution is -2.45. The number of hydrogen-bond donors (Lipinski definition) is 2. The van der Waals surface area contributed by atoms with Crippen LogP contribution < -0.4 is 10.6 Å². The molecule has 0 radical (unpaired) electrons. The zero-order valence-electron chi connectivity index (χ0n) is 14.5. The number of rotatable bonds is 7. The molecule has 0 spiro atoms. The molecule has 0 saturated heterocycles. The van der Waals surface area contributed by atoms with Gasteiger partial charge in [0, 0.05) is 17.6 Å². The number of amides is 3. The maximum Gasteiger partial charge on any atom is 0.243 e. The Morgan fingerprint density at radius 3 is 2.50 bits per heavy atom. The summed E-state index contributed by atoms with van der Waals surface area (Å²) >= 11 is 0. The van der Waals surface area contributed by atoms with Gasteiger partial charge in [-0.25, -0.2) is 0 Å². The van der Waals surface area contributed by atoms with E-state index in [4.69, 9.17) is 0 Å². The molecule has 6 heteroatoms. The second kappa shape index (κ2) is 7.95. The molecule has 0 aliphatic heterocycles. The number of anilines is 1. The van der Waals surface area contributed by atoms with Crippen molar-refractivity contribution in [3.8, 4) is 0 Å². The van der Waals surface area contributed by atoms with Crippen LogP contribution in [0.3, 0.4) is 0 Å². The number of carbonyl (C=O) groups excluding carboxylic acids is 3. The summed E-state index contributed by atoms with van der Waals surface area (Å²) in [4.78, 5) is 37.7. The van der Waals surface area contributed by atoms with Crippen LogP contribution in [0, 0.1) is 12.8 Å². The van der Waals surface area contributed by atoms with Gasteiger partial charge in [-0.1, -0.05) is 26.0 Å². The summed E-state index contributed by atoms with van der Waals surface area (Å²) < 4.78 is 0. The van der Waals surface area contributed by atoms with E-state index in [2.05, 4.69) is 10.6 Å². The normalized spacial score (nSPS) is 13.5. The van der Waals surface area contributed by atoms with E-state index in [1.807, 2.05) is 39.0 Å². The third kappa shape index (κ3) is 5.37. The molecule has 2 N–H and O–H groups in total. The number of nitrogens with zero attached hydrogens (tertiary/aromatic N) is 1. The number of aryl methyl sites for hydroxylation is 1. The predicted molar refractivity (Wildman–Crippen MR) is 92.4 cm³/mol. The second-order valence-electron chi connectivity index (χ2n) is 6.55. The number of nitrogens with one attached hydrogen (secondary N) is 2. The third-order valence-corrected chi connectivity index (χ3v) is 3.83. The molecule has 1 aromatic carbocycles. The van der Waals surface area contributed by atoms with E-state index in [9.17, 15) is 14.4 Å². The van der Waals surface area contributed by atoms with E-state index in [1.165, 1.54) is 0 Å². The van der Waals surface area contributed by atoms with Crippen molar-refractivity contribution in [1.29, 1.82) is 0 Å². The maximum absolute atomic E-state index is 12.1. The predicted octanol–water partition coefficient (Wildman–Crippen LogP) is 1.70. The number of carbonyl (C=O) groups is 3. The van der Waals surface area contributed by atoms with Gasteiger partial charge in [0.05, 0.1) is 13.1 Å². The molecule has 130 valence electrons. The van der Waals surface area contributed by atoms with Crippen LogP contribution in [0.15, 0.2) is 24.3 Å². The topological polar surface area (TPSA) is 78.5 Å². The van der Waals surface area contributed by atoms with E-state index in [0.29, 0.717) is 5.69 Å². The first kappa shape index (κ1) is 18.0. The van der Waals surface area contributed by atoms with Crippen molar-refractivity contribution in [3.63, 3.8) is 0 Å². The fourth-order valence-corrected chi connectivity index (χ4v) is 2.42. The molecule has 1 aromatic rings. The van der Waals surface area contributed by atoms with Gasteiger partial charge >= 0.3 is 0 Å². The highest BCUT2D eigenvalue weighted by molar-refractivity contribution is 5.95. The van der Waals surface area contributed by atoms with Crippen molar-refractivity contribution < 1.29 is 14.4 Å². The smallest absolute Gasteiger partial charge is 0.243 e. The van der Waals surface area contributed by atoms with E-state index in [-0.39, 0.29) is 42.8 Å². The Kier molecular flexibility index (Phi) is 5.95.